The summed E-state index contributed by atoms with van der Waals surface area (Å²) in [6, 6.07) is 9.75. The first-order chi connectivity index (χ1) is 13.7. The lowest BCUT2D eigenvalue weighted by atomic mass is 9.86. The fourth-order valence-electron chi connectivity index (χ4n) is 3.15. The van der Waals surface area contributed by atoms with E-state index in [1.165, 1.54) is 25.0 Å². The van der Waals surface area contributed by atoms with Gasteiger partial charge in [-0.2, -0.15) is 0 Å². The number of hydrogen-bond donors (Lipinski definition) is 2. The van der Waals surface area contributed by atoms with Crippen LogP contribution in [0.4, 0.5) is 0 Å². The Morgan fingerprint density at radius 1 is 1.03 bits per heavy atom. The highest BCUT2D eigenvalue weighted by Gasteiger charge is 2.13. The predicted molar refractivity (Wildman–Crippen MR) is 116 cm³/mol. The second-order valence-electron chi connectivity index (χ2n) is 7.48. The first-order valence-electron chi connectivity index (χ1n) is 9.69. The molecule has 2 aliphatic carbocycles. The van der Waals surface area contributed by atoms with Crippen molar-refractivity contribution in [2.75, 3.05) is 0 Å². The Morgan fingerprint density at radius 2 is 1.62 bits per heavy atom. The lowest BCUT2D eigenvalue weighted by Gasteiger charge is -2.19. The van der Waals surface area contributed by atoms with Gasteiger partial charge in [0.25, 0.3) is 5.97 Å². The Labute approximate surface area is 170 Å². The van der Waals surface area contributed by atoms with E-state index in [1.807, 2.05) is 13.0 Å². The fraction of sp³-hybridized carbons (Fsp3) is 0.333. The van der Waals surface area contributed by atoms with Gasteiger partial charge in [0.15, 0.2) is 5.43 Å². The number of aromatic hydroxyl groups is 1. The van der Waals surface area contributed by atoms with Gasteiger partial charge in [-0.25, -0.2) is 0 Å². The van der Waals surface area contributed by atoms with E-state index >= 15 is 0 Å². The predicted octanol–water partition coefficient (Wildman–Crippen LogP) is 5.61. The highest BCUT2D eigenvalue weighted by Crippen LogP contribution is 2.33. The smallest absolute Gasteiger partial charge is 0.300 e. The molecule has 3 aliphatic rings. The molecule has 5 heteroatoms. The third-order valence-corrected chi connectivity index (χ3v) is 5.10. The maximum Gasteiger partial charge on any atom is 0.300 e. The van der Waals surface area contributed by atoms with Gasteiger partial charge >= 0.3 is 0 Å². The third kappa shape index (κ3) is 6.21. The summed E-state index contributed by atoms with van der Waals surface area (Å²) >= 11 is 0. The van der Waals surface area contributed by atoms with E-state index in [2.05, 4.69) is 26.0 Å². The Hall–Kier alpha value is -3.08. The number of carboxylic acid groups (broad SMARTS) is 1. The molecular weight excluding hydrogens is 368 g/mol. The van der Waals surface area contributed by atoms with Crippen LogP contribution in [0.2, 0.25) is 0 Å². The number of benzene rings is 2. The molecule has 2 unspecified atom stereocenters. The van der Waals surface area contributed by atoms with Crippen LogP contribution >= 0.6 is 0 Å². The Morgan fingerprint density at radius 3 is 2.17 bits per heavy atom. The number of allylic oxidation sites excluding steroid dienone is 2. The van der Waals surface area contributed by atoms with Crippen LogP contribution in [0.5, 0.6) is 5.75 Å². The molecule has 2 atom stereocenters. The molecule has 1 heterocycles. The van der Waals surface area contributed by atoms with Gasteiger partial charge in [-0.3, -0.25) is 9.59 Å². The van der Waals surface area contributed by atoms with E-state index in [4.69, 9.17) is 14.3 Å². The molecule has 4 rings (SSSR count). The van der Waals surface area contributed by atoms with E-state index < -0.39 is 5.97 Å². The fourth-order valence-corrected chi connectivity index (χ4v) is 3.15. The number of rotatable bonds is 0. The van der Waals surface area contributed by atoms with Gasteiger partial charge in [-0.15, -0.1) is 0 Å². The SMILES string of the molecule is CC(=O)O.CC1CC=CCC1C.Cc1c2ccc(=O)cc-2oc2cc(O)ccc12. The molecule has 1 aromatic carbocycles. The summed E-state index contributed by atoms with van der Waals surface area (Å²) in [4.78, 5) is 20.3. The second kappa shape index (κ2) is 9.92. The lowest BCUT2D eigenvalue weighted by molar-refractivity contribution is -0.134. The number of hydrogen-bond acceptors (Lipinski definition) is 4. The summed E-state index contributed by atoms with van der Waals surface area (Å²) in [5.41, 5.74) is 2.46. The van der Waals surface area contributed by atoms with Crippen LogP contribution in [0.1, 0.15) is 39.2 Å². The molecule has 154 valence electrons. The largest absolute Gasteiger partial charge is 0.508 e. The molecule has 0 fully saturated rings. The summed E-state index contributed by atoms with van der Waals surface area (Å²) in [5.74, 6) is 1.70. The average Bonchev–Trinajstić information content (AvgIpc) is 2.64. The summed E-state index contributed by atoms with van der Waals surface area (Å²) in [6.07, 6.45) is 7.18. The molecule has 0 aromatic heterocycles. The molecule has 0 spiro atoms. The third-order valence-electron chi connectivity index (χ3n) is 5.10. The molecule has 0 saturated heterocycles. The molecule has 2 N–H and O–H groups in total. The molecule has 0 amide bonds. The van der Waals surface area contributed by atoms with Gasteiger partial charge in [0.05, 0.1) is 0 Å². The van der Waals surface area contributed by atoms with Crippen molar-refractivity contribution in [3.8, 4) is 17.1 Å². The number of carboxylic acids is 1. The summed E-state index contributed by atoms with van der Waals surface area (Å²) in [7, 11) is 0. The monoisotopic (exact) mass is 396 g/mol. The standard InChI is InChI=1S/C14H10O3.C8H14.C2H4O2/c1-8-11-4-2-9(15)6-13(11)17-14-7-10(16)3-5-12(8)14;1-7-5-3-4-6-8(7)2;1-2(3)4/h2-7,15H,1H3;3-4,7-8H,5-6H2,1-2H3;1H3,(H,3,4). The molecule has 0 radical (unpaired) electrons. The topological polar surface area (TPSA) is 87.7 Å². The minimum atomic E-state index is -0.833. The normalized spacial score (nSPS) is 17.8. The van der Waals surface area contributed by atoms with Crippen molar-refractivity contribution in [3.05, 3.63) is 64.3 Å². The number of phenols is 1. The van der Waals surface area contributed by atoms with Crippen LogP contribution in [0.25, 0.3) is 22.3 Å². The quantitative estimate of drug-likeness (QED) is 0.381. The number of carbonyl (C=O) groups is 1. The maximum atomic E-state index is 11.3. The molecular formula is C24H28O5. The Balaban J connectivity index is 0.000000208. The summed E-state index contributed by atoms with van der Waals surface area (Å²) in [5, 5.41) is 17.8. The molecule has 1 aromatic rings. The van der Waals surface area contributed by atoms with Crippen LogP contribution < -0.4 is 5.43 Å². The first-order valence-corrected chi connectivity index (χ1v) is 9.69. The highest BCUT2D eigenvalue weighted by molar-refractivity contribution is 5.88. The number of aryl methyl sites for hydroxylation is 1. The highest BCUT2D eigenvalue weighted by atomic mass is 16.4. The van der Waals surface area contributed by atoms with Gasteiger partial charge in [0.1, 0.15) is 17.1 Å². The molecule has 1 aliphatic heterocycles. The average molecular weight is 396 g/mol. The van der Waals surface area contributed by atoms with Crippen molar-refractivity contribution in [2.45, 2.75) is 40.5 Å². The van der Waals surface area contributed by atoms with Crippen LogP contribution in [-0.2, 0) is 4.79 Å². The zero-order chi connectivity index (χ0) is 21.6. The maximum absolute atomic E-state index is 11.3. The van der Waals surface area contributed by atoms with E-state index in [1.54, 1.807) is 18.2 Å². The minimum absolute atomic E-state index is 0.0832. The first kappa shape index (κ1) is 22.2. The Kier molecular flexibility index (Phi) is 7.59. The van der Waals surface area contributed by atoms with Crippen LogP contribution in [0, 0.1) is 18.8 Å². The molecule has 0 bridgehead atoms. The summed E-state index contributed by atoms with van der Waals surface area (Å²) < 4.78 is 5.63. The van der Waals surface area contributed by atoms with E-state index in [0.717, 1.165) is 35.3 Å². The van der Waals surface area contributed by atoms with Crippen LogP contribution in [0.3, 0.4) is 0 Å². The van der Waals surface area contributed by atoms with Crippen molar-refractivity contribution < 1.29 is 19.4 Å². The number of fused-ring (bicyclic) bond motifs is 2. The molecule has 0 saturated carbocycles. The van der Waals surface area contributed by atoms with Crippen molar-refractivity contribution >= 4 is 16.9 Å². The number of phenolic OH excluding ortho intramolecular Hbond substituents is 1. The van der Waals surface area contributed by atoms with E-state index in [0.29, 0.717) is 11.3 Å². The molecule has 29 heavy (non-hydrogen) atoms. The zero-order valence-corrected chi connectivity index (χ0v) is 17.3. The lowest BCUT2D eigenvalue weighted by Crippen LogP contribution is -2.08. The van der Waals surface area contributed by atoms with Gasteiger partial charge < -0.3 is 14.6 Å². The summed E-state index contributed by atoms with van der Waals surface area (Å²) in [6.45, 7) is 7.71. The van der Waals surface area contributed by atoms with Gasteiger partial charge in [0, 0.05) is 30.0 Å². The van der Waals surface area contributed by atoms with Crippen molar-refractivity contribution in [3.63, 3.8) is 0 Å². The van der Waals surface area contributed by atoms with E-state index in [9.17, 15) is 9.90 Å². The van der Waals surface area contributed by atoms with E-state index in [-0.39, 0.29) is 11.2 Å². The zero-order valence-electron chi connectivity index (χ0n) is 17.3. The van der Waals surface area contributed by atoms with Crippen molar-refractivity contribution in [1.29, 1.82) is 0 Å². The van der Waals surface area contributed by atoms with Crippen molar-refractivity contribution in [2.24, 2.45) is 11.8 Å². The second-order valence-corrected chi connectivity index (χ2v) is 7.48. The van der Waals surface area contributed by atoms with Crippen molar-refractivity contribution in [1.82, 2.24) is 0 Å². The van der Waals surface area contributed by atoms with Gasteiger partial charge in [-0.1, -0.05) is 26.0 Å². The minimum Gasteiger partial charge on any atom is -0.508 e. The van der Waals surface area contributed by atoms with Crippen LogP contribution in [0.15, 0.2) is 57.8 Å². The Bertz CT molecular complexity index is 1020. The van der Waals surface area contributed by atoms with Gasteiger partial charge in [0.2, 0.25) is 0 Å². The van der Waals surface area contributed by atoms with Crippen LogP contribution in [-0.4, -0.2) is 16.2 Å². The molecule has 5 nitrogen and oxygen atoms in total. The number of aliphatic carboxylic acids is 1. The van der Waals surface area contributed by atoms with Gasteiger partial charge in [-0.05, 0) is 61.4 Å².